The number of nitrogens with one attached hydrogen (secondary N) is 1. The zero-order valence-electron chi connectivity index (χ0n) is 15.2. The number of rotatable bonds is 4. The summed E-state index contributed by atoms with van der Waals surface area (Å²) in [4.78, 5) is 6.86. The molecular formula is C19H27N5S. The Hall–Kier alpha value is -1.95. The van der Waals surface area contributed by atoms with E-state index in [2.05, 4.69) is 64.2 Å². The highest BCUT2D eigenvalue weighted by Gasteiger charge is 2.24. The van der Waals surface area contributed by atoms with Crippen LogP contribution in [0.3, 0.4) is 0 Å². The third-order valence-electron chi connectivity index (χ3n) is 4.46. The van der Waals surface area contributed by atoms with Gasteiger partial charge in [-0.25, -0.2) is 4.68 Å². The van der Waals surface area contributed by atoms with Crippen LogP contribution in [0.2, 0.25) is 0 Å². The maximum atomic E-state index is 4.48. The van der Waals surface area contributed by atoms with Gasteiger partial charge in [-0.2, -0.15) is 16.9 Å². The number of hydrogen-bond donors (Lipinski definition) is 1. The molecule has 1 aliphatic heterocycles. The summed E-state index contributed by atoms with van der Waals surface area (Å²) in [6, 6.07) is 10.2. The Bertz CT molecular complexity index is 695. The van der Waals surface area contributed by atoms with Gasteiger partial charge in [0, 0.05) is 49.4 Å². The van der Waals surface area contributed by atoms with E-state index in [0.717, 1.165) is 42.6 Å². The number of benzene rings is 1. The van der Waals surface area contributed by atoms with Gasteiger partial charge in [-0.3, -0.25) is 4.99 Å². The first-order valence-corrected chi connectivity index (χ1v) is 9.88. The molecule has 25 heavy (non-hydrogen) atoms. The summed E-state index contributed by atoms with van der Waals surface area (Å²) in [6.45, 7) is 7.45. The van der Waals surface area contributed by atoms with Crippen molar-refractivity contribution >= 4 is 17.7 Å². The average molecular weight is 358 g/mol. The van der Waals surface area contributed by atoms with Crippen molar-refractivity contribution in [3.05, 3.63) is 48.3 Å². The molecule has 1 aromatic carbocycles. The third kappa shape index (κ3) is 4.57. The molecule has 1 aromatic heterocycles. The van der Waals surface area contributed by atoms with E-state index < -0.39 is 0 Å². The molecule has 134 valence electrons. The van der Waals surface area contributed by atoms with Gasteiger partial charge >= 0.3 is 0 Å². The van der Waals surface area contributed by atoms with Crippen LogP contribution in [-0.4, -0.2) is 51.8 Å². The highest BCUT2D eigenvalue weighted by Crippen LogP contribution is 2.24. The molecule has 0 spiro atoms. The first kappa shape index (κ1) is 17.9. The minimum Gasteiger partial charge on any atom is -0.352 e. The lowest BCUT2D eigenvalue weighted by Gasteiger charge is -2.36. The number of aliphatic imine (C=N–C) groups is 1. The molecule has 0 saturated carbocycles. The zero-order valence-corrected chi connectivity index (χ0v) is 16.0. The summed E-state index contributed by atoms with van der Waals surface area (Å²) in [5, 5.41) is 8.63. The fraction of sp³-hybridized carbons (Fsp3) is 0.474. The van der Waals surface area contributed by atoms with Crippen LogP contribution in [0, 0.1) is 5.92 Å². The van der Waals surface area contributed by atoms with Crippen LogP contribution in [0.25, 0.3) is 5.69 Å². The molecule has 3 rings (SSSR count). The fourth-order valence-corrected chi connectivity index (χ4v) is 4.26. The van der Waals surface area contributed by atoms with Gasteiger partial charge in [-0.1, -0.05) is 32.0 Å². The number of para-hydroxylation sites is 1. The molecule has 1 saturated heterocycles. The number of hydrogen-bond acceptors (Lipinski definition) is 3. The van der Waals surface area contributed by atoms with E-state index in [-0.39, 0.29) is 0 Å². The Labute approximate surface area is 154 Å². The van der Waals surface area contributed by atoms with Gasteiger partial charge in [-0.15, -0.1) is 0 Å². The maximum Gasteiger partial charge on any atom is 0.193 e. The highest BCUT2D eigenvalue weighted by molar-refractivity contribution is 8.00. The van der Waals surface area contributed by atoms with E-state index in [1.165, 1.54) is 0 Å². The molecule has 2 aromatic rings. The van der Waals surface area contributed by atoms with E-state index in [4.69, 9.17) is 0 Å². The molecule has 1 N–H and O–H groups in total. The van der Waals surface area contributed by atoms with Crippen molar-refractivity contribution in [2.75, 3.05) is 25.9 Å². The van der Waals surface area contributed by atoms with Gasteiger partial charge in [0.15, 0.2) is 5.96 Å². The second-order valence-electron chi connectivity index (χ2n) is 6.63. The molecule has 1 aliphatic rings. The number of aromatic nitrogens is 2. The van der Waals surface area contributed by atoms with Crippen LogP contribution < -0.4 is 5.32 Å². The van der Waals surface area contributed by atoms with Gasteiger partial charge in [0.1, 0.15) is 0 Å². The summed E-state index contributed by atoms with van der Waals surface area (Å²) < 4.78 is 1.91. The van der Waals surface area contributed by atoms with Crippen LogP contribution in [0.5, 0.6) is 0 Å². The smallest absolute Gasteiger partial charge is 0.193 e. The molecule has 0 radical (unpaired) electrons. The summed E-state index contributed by atoms with van der Waals surface area (Å²) in [5.41, 5.74) is 2.22. The Morgan fingerprint density at radius 3 is 2.88 bits per heavy atom. The quantitative estimate of drug-likeness (QED) is 0.675. The van der Waals surface area contributed by atoms with Crippen molar-refractivity contribution in [3.8, 4) is 5.69 Å². The van der Waals surface area contributed by atoms with Crippen LogP contribution >= 0.6 is 11.8 Å². The lowest BCUT2D eigenvalue weighted by molar-refractivity contribution is 0.380. The molecule has 2 heterocycles. The van der Waals surface area contributed by atoms with Crippen molar-refractivity contribution < 1.29 is 0 Å². The fourth-order valence-electron chi connectivity index (χ4n) is 2.96. The lowest BCUT2D eigenvalue weighted by Crippen LogP contribution is -2.48. The van der Waals surface area contributed by atoms with Gasteiger partial charge in [0.2, 0.25) is 0 Å². The van der Waals surface area contributed by atoms with Gasteiger partial charge in [-0.05, 0) is 18.1 Å². The Kier molecular flexibility index (Phi) is 6.02. The Morgan fingerprint density at radius 2 is 2.16 bits per heavy atom. The first-order chi connectivity index (χ1) is 12.2. The lowest BCUT2D eigenvalue weighted by atomic mass is 10.1. The number of thioether (sulfide) groups is 1. The highest BCUT2D eigenvalue weighted by atomic mass is 32.2. The van der Waals surface area contributed by atoms with Crippen molar-refractivity contribution in [1.82, 2.24) is 20.0 Å². The second kappa shape index (κ2) is 8.43. The van der Waals surface area contributed by atoms with E-state index in [1.807, 2.05) is 36.1 Å². The molecule has 1 fully saturated rings. The van der Waals surface area contributed by atoms with Crippen LogP contribution in [0.4, 0.5) is 0 Å². The summed E-state index contributed by atoms with van der Waals surface area (Å²) in [6.07, 6.45) is 3.98. The topological polar surface area (TPSA) is 45.5 Å². The van der Waals surface area contributed by atoms with Crippen molar-refractivity contribution in [3.63, 3.8) is 0 Å². The predicted molar refractivity (Wildman–Crippen MR) is 106 cm³/mol. The van der Waals surface area contributed by atoms with Crippen molar-refractivity contribution in [2.24, 2.45) is 10.9 Å². The van der Waals surface area contributed by atoms with Crippen molar-refractivity contribution in [1.29, 1.82) is 0 Å². The standard InChI is InChI=1S/C19H27N5S/c1-15(2)18-14-23(9-10-25-18)19(20-3)21-11-16-12-22-24(13-16)17-7-5-4-6-8-17/h4-8,12-13,15,18H,9-11,14H2,1-3H3,(H,20,21). The minimum atomic E-state index is 0.674. The van der Waals surface area contributed by atoms with E-state index in [0.29, 0.717) is 11.2 Å². The SMILES string of the molecule is CN=C(NCc1cnn(-c2ccccc2)c1)N1CCSC(C(C)C)C1. The van der Waals surface area contributed by atoms with E-state index in [1.54, 1.807) is 0 Å². The van der Waals surface area contributed by atoms with Crippen molar-refractivity contribution in [2.45, 2.75) is 25.6 Å². The summed E-state index contributed by atoms with van der Waals surface area (Å²) >= 11 is 2.08. The predicted octanol–water partition coefficient (Wildman–Crippen LogP) is 3.02. The molecule has 6 heteroatoms. The molecule has 0 bridgehead atoms. The molecular weight excluding hydrogens is 330 g/mol. The van der Waals surface area contributed by atoms with Crippen LogP contribution in [0.15, 0.2) is 47.7 Å². The summed E-state index contributed by atoms with van der Waals surface area (Å²) in [5.74, 6) is 2.84. The minimum absolute atomic E-state index is 0.674. The average Bonchev–Trinajstić information content (AvgIpc) is 3.12. The van der Waals surface area contributed by atoms with Gasteiger partial charge < -0.3 is 10.2 Å². The number of guanidine groups is 1. The van der Waals surface area contributed by atoms with Crippen LogP contribution in [0.1, 0.15) is 19.4 Å². The Morgan fingerprint density at radius 1 is 1.36 bits per heavy atom. The van der Waals surface area contributed by atoms with Gasteiger partial charge in [0.25, 0.3) is 0 Å². The molecule has 5 nitrogen and oxygen atoms in total. The molecule has 1 unspecified atom stereocenters. The Balaban J connectivity index is 1.59. The monoisotopic (exact) mass is 357 g/mol. The first-order valence-electron chi connectivity index (χ1n) is 8.83. The summed E-state index contributed by atoms with van der Waals surface area (Å²) in [7, 11) is 1.86. The molecule has 1 atom stereocenters. The zero-order chi connectivity index (χ0) is 17.6. The largest absolute Gasteiger partial charge is 0.352 e. The molecule has 0 amide bonds. The van der Waals surface area contributed by atoms with E-state index >= 15 is 0 Å². The maximum absolute atomic E-state index is 4.48. The third-order valence-corrected chi connectivity index (χ3v) is 6.00. The normalized spacial score (nSPS) is 18.6. The number of nitrogens with zero attached hydrogens (tertiary/aromatic N) is 4. The van der Waals surface area contributed by atoms with E-state index in [9.17, 15) is 0 Å². The second-order valence-corrected chi connectivity index (χ2v) is 7.98. The van der Waals surface area contributed by atoms with Crippen LogP contribution in [-0.2, 0) is 6.54 Å². The molecule has 0 aliphatic carbocycles. The van der Waals surface area contributed by atoms with Gasteiger partial charge in [0.05, 0.1) is 11.9 Å².